The number of hydrogen-bond donors (Lipinski definition) is 3. The minimum atomic E-state index is -0.566. The fourth-order valence-corrected chi connectivity index (χ4v) is 2.24. The summed E-state index contributed by atoms with van der Waals surface area (Å²) < 4.78 is 4.97. The van der Waals surface area contributed by atoms with E-state index in [-0.39, 0.29) is 24.2 Å². The third-order valence-corrected chi connectivity index (χ3v) is 4.34. The molecule has 1 aromatic carbocycles. The number of carbonyl (C=O) groups is 2. The van der Waals surface area contributed by atoms with Gasteiger partial charge < -0.3 is 21.1 Å². The van der Waals surface area contributed by atoms with Crippen molar-refractivity contribution in [3.8, 4) is 0 Å². The van der Waals surface area contributed by atoms with Crippen LogP contribution in [0.1, 0.15) is 33.6 Å². The number of halogens is 1. The first-order valence-corrected chi connectivity index (χ1v) is 7.87. The Morgan fingerprint density at radius 1 is 1.21 bits per heavy atom. The van der Waals surface area contributed by atoms with E-state index in [0.717, 1.165) is 0 Å². The quantitative estimate of drug-likeness (QED) is 0.666. The predicted octanol–water partition coefficient (Wildman–Crippen LogP) is 2.79. The molecule has 0 fully saturated rings. The van der Waals surface area contributed by atoms with Crippen LogP contribution in [-0.2, 0) is 14.3 Å². The van der Waals surface area contributed by atoms with Crippen LogP contribution in [0, 0.1) is 5.41 Å². The number of amides is 2. The fraction of sp³-hybridized carbons (Fsp3) is 0.529. The molecule has 1 aromatic rings. The Morgan fingerprint density at radius 2 is 1.75 bits per heavy atom. The predicted molar refractivity (Wildman–Crippen MR) is 99.5 cm³/mol. The van der Waals surface area contributed by atoms with Crippen LogP contribution in [0.4, 0.5) is 11.4 Å². The summed E-state index contributed by atoms with van der Waals surface area (Å²) in [5.74, 6) is -0.340. The highest BCUT2D eigenvalue weighted by molar-refractivity contribution is 5.97. The van der Waals surface area contributed by atoms with Gasteiger partial charge in [-0.2, -0.15) is 0 Å². The van der Waals surface area contributed by atoms with Gasteiger partial charge in [0.2, 0.25) is 5.91 Å². The van der Waals surface area contributed by atoms with Gasteiger partial charge in [0.1, 0.15) is 6.10 Å². The van der Waals surface area contributed by atoms with E-state index in [2.05, 4.69) is 10.6 Å². The molecule has 0 saturated carbocycles. The van der Waals surface area contributed by atoms with Crippen molar-refractivity contribution in [1.82, 2.24) is 0 Å². The first-order chi connectivity index (χ1) is 10.9. The third-order valence-electron chi connectivity index (χ3n) is 4.34. The molecule has 0 saturated heterocycles. The maximum absolute atomic E-state index is 12.5. The largest absolute Gasteiger partial charge is 0.372 e. The molecule has 6 nitrogen and oxygen atoms in total. The number of nitrogens with two attached hydrogens (primary N) is 1. The van der Waals surface area contributed by atoms with Crippen molar-refractivity contribution in [3.63, 3.8) is 0 Å². The Morgan fingerprint density at radius 3 is 2.21 bits per heavy atom. The maximum Gasteiger partial charge on any atom is 0.253 e. The van der Waals surface area contributed by atoms with E-state index in [1.54, 1.807) is 31.2 Å². The van der Waals surface area contributed by atoms with Gasteiger partial charge >= 0.3 is 0 Å². The second kappa shape index (κ2) is 10.3. The SMILES string of the molecule is CCC(CC)(CN)C(=O)Nc1cccc(NC(=O)C(C)OC)c1.Cl. The molecular formula is C17H28ClN3O3. The van der Waals surface area contributed by atoms with Gasteiger partial charge in [-0.25, -0.2) is 0 Å². The van der Waals surface area contributed by atoms with E-state index < -0.39 is 11.5 Å². The van der Waals surface area contributed by atoms with E-state index >= 15 is 0 Å². The van der Waals surface area contributed by atoms with Gasteiger partial charge in [-0.1, -0.05) is 19.9 Å². The standard InChI is InChI=1S/C17H27N3O3.ClH/c1-5-17(6-2,11-18)16(22)20-14-9-7-8-13(10-14)19-15(21)12(3)23-4;/h7-10,12H,5-6,11,18H2,1-4H3,(H,19,21)(H,20,22);1H. The van der Waals surface area contributed by atoms with Crippen molar-refractivity contribution in [2.24, 2.45) is 11.1 Å². The van der Waals surface area contributed by atoms with Crippen LogP contribution in [0.3, 0.4) is 0 Å². The Labute approximate surface area is 149 Å². The lowest BCUT2D eigenvalue weighted by molar-refractivity contribution is -0.125. The lowest BCUT2D eigenvalue weighted by atomic mass is 9.81. The Hall–Kier alpha value is -1.63. The molecule has 4 N–H and O–H groups in total. The summed E-state index contributed by atoms with van der Waals surface area (Å²) in [7, 11) is 1.47. The molecule has 0 bridgehead atoms. The summed E-state index contributed by atoms with van der Waals surface area (Å²) in [6, 6.07) is 7.02. The van der Waals surface area contributed by atoms with Gasteiger partial charge in [0.05, 0.1) is 5.41 Å². The Bertz CT molecular complexity index is 539. The van der Waals surface area contributed by atoms with Gasteiger partial charge in [-0.3, -0.25) is 9.59 Å². The third kappa shape index (κ3) is 5.47. The number of nitrogens with one attached hydrogen (secondary N) is 2. The molecule has 7 heteroatoms. The first-order valence-electron chi connectivity index (χ1n) is 7.87. The lowest BCUT2D eigenvalue weighted by Crippen LogP contribution is -2.41. The summed E-state index contributed by atoms with van der Waals surface area (Å²) >= 11 is 0. The van der Waals surface area contributed by atoms with Crippen molar-refractivity contribution in [1.29, 1.82) is 0 Å². The summed E-state index contributed by atoms with van der Waals surface area (Å²) in [6.07, 6.45) is 0.805. The van der Waals surface area contributed by atoms with Gasteiger partial charge in [0.15, 0.2) is 0 Å². The van der Waals surface area contributed by atoms with Gasteiger partial charge in [-0.15, -0.1) is 12.4 Å². The minimum absolute atomic E-state index is 0. The van der Waals surface area contributed by atoms with E-state index in [1.807, 2.05) is 13.8 Å². The van der Waals surface area contributed by atoms with Crippen molar-refractivity contribution in [3.05, 3.63) is 24.3 Å². The second-order valence-electron chi connectivity index (χ2n) is 5.59. The van der Waals surface area contributed by atoms with Crippen LogP contribution in [0.5, 0.6) is 0 Å². The van der Waals surface area contributed by atoms with Crippen LogP contribution in [-0.4, -0.2) is 31.6 Å². The Kier molecular flexibility index (Phi) is 9.58. The summed E-state index contributed by atoms with van der Waals surface area (Å²) in [5.41, 5.74) is 6.45. The fourth-order valence-electron chi connectivity index (χ4n) is 2.24. The second-order valence-corrected chi connectivity index (χ2v) is 5.59. The van der Waals surface area contributed by atoms with Crippen LogP contribution in [0.25, 0.3) is 0 Å². The molecule has 1 unspecified atom stereocenters. The van der Waals surface area contributed by atoms with Crippen LogP contribution >= 0.6 is 12.4 Å². The molecule has 1 rings (SSSR count). The molecule has 0 heterocycles. The maximum atomic E-state index is 12.5. The highest BCUT2D eigenvalue weighted by atomic mass is 35.5. The van der Waals surface area contributed by atoms with Crippen molar-refractivity contribution < 1.29 is 14.3 Å². The topological polar surface area (TPSA) is 93.5 Å². The van der Waals surface area contributed by atoms with Crippen LogP contribution < -0.4 is 16.4 Å². The minimum Gasteiger partial charge on any atom is -0.372 e. The molecule has 0 aliphatic heterocycles. The van der Waals surface area contributed by atoms with E-state index in [9.17, 15) is 9.59 Å². The van der Waals surface area contributed by atoms with Gasteiger partial charge in [0.25, 0.3) is 5.91 Å². The number of carbonyl (C=O) groups excluding carboxylic acids is 2. The Balaban J connectivity index is 0.00000529. The molecule has 2 amide bonds. The van der Waals surface area contributed by atoms with E-state index in [4.69, 9.17) is 10.5 Å². The average Bonchev–Trinajstić information content (AvgIpc) is 2.56. The zero-order chi connectivity index (χ0) is 17.5. The molecular weight excluding hydrogens is 330 g/mol. The summed E-state index contributed by atoms with van der Waals surface area (Å²) in [4.78, 5) is 24.4. The van der Waals surface area contributed by atoms with E-state index in [0.29, 0.717) is 30.8 Å². The molecule has 0 aliphatic carbocycles. The number of hydrogen-bond acceptors (Lipinski definition) is 4. The molecule has 0 aromatic heterocycles. The zero-order valence-electron chi connectivity index (χ0n) is 14.7. The normalized spacial score (nSPS) is 12.0. The van der Waals surface area contributed by atoms with Crippen molar-refractivity contribution >= 4 is 35.6 Å². The number of rotatable bonds is 8. The van der Waals surface area contributed by atoms with Gasteiger partial charge in [-0.05, 0) is 38.0 Å². The lowest BCUT2D eigenvalue weighted by Gasteiger charge is -2.28. The average molecular weight is 358 g/mol. The number of anilines is 2. The smallest absolute Gasteiger partial charge is 0.253 e. The van der Waals surface area contributed by atoms with Crippen molar-refractivity contribution in [2.45, 2.75) is 39.7 Å². The number of benzene rings is 1. The molecule has 0 spiro atoms. The molecule has 136 valence electrons. The number of methoxy groups -OCH3 is 1. The molecule has 24 heavy (non-hydrogen) atoms. The first kappa shape index (κ1) is 22.4. The molecule has 0 radical (unpaired) electrons. The summed E-state index contributed by atoms with van der Waals surface area (Å²) in [5, 5.41) is 5.64. The van der Waals surface area contributed by atoms with E-state index in [1.165, 1.54) is 7.11 Å². The zero-order valence-corrected chi connectivity index (χ0v) is 15.5. The summed E-state index contributed by atoms with van der Waals surface area (Å²) in [6.45, 7) is 5.88. The highest BCUT2D eigenvalue weighted by Gasteiger charge is 2.33. The van der Waals surface area contributed by atoms with Gasteiger partial charge in [0, 0.05) is 25.0 Å². The van der Waals surface area contributed by atoms with Crippen LogP contribution in [0.15, 0.2) is 24.3 Å². The van der Waals surface area contributed by atoms with Crippen molar-refractivity contribution in [2.75, 3.05) is 24.3 Å². The number of ether oxygens (including phenoxy) is 1. The molecule has 0 aliphatic rings. The monoisotopic (exact) mass is 357 g/mol. The highest BCUT2D eigenvalue weighted by Crippen LogP contribution is 2.27. The molecule has 1 atom stereocenters. The van der Waals surface area contributed by atoms with Crippen LogP contribution in [0.2, 0.25) is 0 Å².